The van der Waals surface area contributed by atoms with Crippen LogP contribution in [0, 0.1) is 5.82 Å². The Kier molecular flexibility index (Phi) is 6.27. The monoisotopic (exact) mass is 367 g/mol. The molecule has 0 aromatic heterocycles. The van der Waals surface area contributed by atoms with E-state index in [9.17, 15) is 4.39 Å². The Hall–Kier alpha value is -0.840. The minimum Gasteiger partial charge on any atom is -0.310 e. The first-order chi connectivity index (χ1) is 10.1. The number of hydrogen-bond acceptors (Lipinski definition) is 2. The quantitative estimate of drug-likeness (QED) is 0.692. The van der Waals surface area contributed by atoms with Gasteiger partial charge >= 0.3 is 0 Å². The predicted octanol–water partition coefficient (Wildman–Crippen LogP) is 5.80. The van der Waals surface area contributed by atoms with E-state index in [0.717, 1.165) is 27.9 Å². The van der Waals surface area contributed by atoms with Gasteiger partial charge in [0, 0.05) is 20.3 Å². The minimum atomic E-state index is -0.164. The Morgan fingerprint density at radius 3 is 2.71 bits per heavy atom. The van der Waals surface area contributed by atoms with Gasteiger partial charge in [-0.1, -0.05) is 46.7 Å². The third kappa shape index (κ3) is 4.83. The van der Waals surface area contributed by atoms with Gasteiger partial charge in [0.1, 0.15) is 5.82 Å². The van der Waals surface area contributed by atoms with Crippen LogP contribution in [0.5, 0.6) is 0 Å². The van der Waals surface area contributed by atoms with Crippen molar-refractivity contribution in [1.82, 2.24) is 5.32 Å². The number of halogens is 2. The van der Waals surface area contributed by atoms with Crippen LogP contribution in [-0.4, -0.2) is 6.54 Å². The predicted molar refractivity (Wildman–Crippen MR) is 91.4 cm³/mol. The lowest BCUT2D eigenvalue weighted by Gasteiger charge is -2.14. The summed E-state index contributed by atoms with van der Waals surface area (Å²) in [6.45, 7) is 5.13. The maximum Gasteiger partial charge on any atom is 0.137 e. The maximum atomic E-state index is 14.3. The van der Waals surface area contributed by atoms with Crippen molar-refractivity contribution in [2.75, 3.05) is 6.54 Å². The van der Waals surface area contributed by atoms with Crippen LogP contribution >= 0.6 is 27.7 Å². The van der Waals surface area contributed by atoms with Gasteiger partial charge in [-0.15, -0.1) is 0 Å². The van der Waals surface area contributed by atoms with Gasteiger partial charge in [0.05, 0.1) is 0 Å². The molecule has 0 spiro atoms. The third-order valence-corrected chi connectivity index (χ3v) is 4.71. The SMILES string of the molecule is CCCNC(C)c1ccc(Sc2cccc(Br)c2)c(F)c1. The topological polar surface area (TPSA) is 12.0 Å². The number of hydrogen-bond donors (Lipinski definition) is 1. The van der Waals surface area contributed by atoms with Crippen LogP contribution in [0.25, 0.3) is 0 Å². The van der Waals surface area contributed by atoms with E-state index in [-0.39, 0.29) is 11.9 Å². The van der Waals surface area contributed by atoms with Crippen LogP contribution in [0.4, 0.5) is 4.39 Å². The molecule has 0 fully saturated rings. The molecular weight excluding hydrogens is 349 g/mol. The fourth-order valence-corrected chi connectivity index (χ4v) is 3.44. The van der Waals surface area contributed by atoms with Gasteiger partial charge in [0.15, 0.2) is 0 Å². The van der Waals surface area contributed by atoms with Crippen LogP contribution in [0.15, 0.2) is 56.7 Å². The standard InChI is InChI=1S/C17H19BrFNS/c1-3-9-20-12(2)13-7-8-17(16(19)10-13)21-15-6-4-5-14(18)11-15/h4-8,10-12,20H,3,9H2,1-2H3. The Balaban J connectivity index is 2.12. The summed E-state index contributed by atoms with van der Waals surface area (Å²) in [5.74, 6) is -0.164. The second-order valence-electron chi connectivity index (χ2n) is 4.93. The molecule has 2 aromatic carbocycles. The van der Waals surface area contributed by atoms with E-state index in [0.29, 0.717) is 4.90 Å². The minimum absolute atomic E-state index is 0.164. The van der Waals surface area contributed by atoms with Crippen molar-refractivity contribution in [1.29, 1.82) is 0 Å². The fraction of sp³-hybridized carbons (Fsp3) is 0.294. The van der Waals surface area contributed by atoms with Gasteiger partial charge in [0.25, 0.3) is 0 Å². The molecule has 1 nitrogen and oxygen atoms in total. The molecule has 2 aromatic rings. The Labute approximate surface area is 138 Å². The van der Waals surface area contributed by atoms with Gasteiger partial charge in [-0.05, 0) is 55.8 Å². The van der Waals surface area contributed by atoms with Crippen molar-refractivity contribution in [3.8, 4) is 0 Å². The molecule has 0 saturated carbocycles. The molecule has 4 heteroatoms. The highest BCUT2D eigenvalue weighted by atomic mass is 79.9. The van der Waals surface area contributed by atoms with E-state index in [2.05, 4.69) is 35.1 Å². The van der Waals surface area contributed by atoms with Gasteiger partial charge in [-0.25, -0.2) is 4.39 Å². The number of benzene rings is 2. The Bertz CT molecular complexity index is 603. The van der Waals surface area contributed by atoms with Gasteiger partial charge in [-0.2, -0.15) is 0 Å². The maximum absolute atomic E-state index is 14.3. The van der Waals surface area contributed by atoms with Crippen molar-refractivity contribution in [2.45, 2.75) is 36.1 Å². The largest absolute Gasteiger partial charge is 0.310 e. The van der Waals surface area contributed by atoms with Crippen molar-refractivity contribution < 1.29 is 4.39 Å². The van der Waals surface area contributed by atoms with E-state index in [4.69, 9.17) is 0 Å². The summed E-state index contributed by atoms with van der Waals surface area (Å²) in [7, 11) is 0. The lowest BCUT2D eigenvalue weighted by molar-refractivity contribution is 0.556. The molecule has 112 valence electrons. The molecule has 0 aliphatic rings. The zero-order chi connectivity index (χ0) is 15.2. The second-order valence-corrected chi connectivity index (χ2v) is 6.96. The first-order valence-corrected chi connectivity index (χ1v) is 8.67. The van der Waals surface area contributed by atoms with Crippen molar-refractivity contribution >= 4 is 27.7 Å². The average molecular weight is 368 g/mol. The Morgan fingerprint density at radius 1 is 1.24 bits per heavy atom. The molecule has 0 radical (unpaired) electrons. The van der Waals surface area contributed by atoms with Crippen LogP contribution < -0.4 is 5.32 Å². The summed E-state index contributed by atoms with van der Waals surface area (Å²) in [6.07, 6.45) is 1.07. The van der Waals surface area contributed by atoms with Crippen molar-refractivity contribution in [3.63, 3.8) is 0 Å². The highest BCUT2D eigenvalue weighted by Gasteiger charge is 2.10. The molecule has 0 amide bonds. The molecule has 0 aliphatic carbocycles. The molecule has 0 bridgehead atoms. The summed E-state index contributed by atoms with van der Waals surface area (Å²) < 4.78 is 15.3. The normalized spacial score (nSPS) is 12.4. The van der Waals surface area contributed by atoms with Gasteiger partial charge in [0.2, 0.25) is 0 Å². The number of rotatable bonds is 6. The van der Waals surface area contributed by atoms with Crippen LogP contribution in [0.3, 0.4) is 0 Å². The van der Waals surface area contributed by atoms with E-state index >= 15 is 0 Å². The average Bonchev–Trinajstić information content (AvgIpc) is 2.47. The zero-order valence-electron chi connectivity index (χ0n) is 12.2. The van der Waals surface area contributed by atoms with E-state index < -0.39 is 0 Å². The highest BCUT2D eigenvalue weighted by Crippen LogP contribution is 2.32. The van der Waals surface area contributed by atoms with Crippen LogP contribution in [-0.2, 0) is 0 Å². The van der Waals surface area contributed by atoms with Crippen molar-refractivity contribution in [3.05, 3.63) is 58.3 Å². The van der Waals surface area contributed by atoms with E-state index in [1.54, 1.807) is 6.07 Å². The molecule has 0 heterocycles. The molecular formula is C17H19BrFNS. The third-order valence-electron chi connectivity index (χ3n) is 3.18. The van der Waals surface area contributed by atoms with Crippen molar-refractivity contribution in [2.24, 2.45) is 0 Å². The molecule has 21 heavy (non-hydrogen) atoms. The van der Waals surface area contributed by atoms with Gasteiger partial charge < -0.3 is 5.32 Å². The molecule has 1 N–H and O–H groups in total. The lowest BCUT2D eigenvalue weighted by Crippen LogP contribution is -2.19. The molecule has 1 atom stereocenters. The van der Waals surface area contributed by atoms with E-state index in [1.807, 2.05) is 36.4 Å². The summed E-state index contributed by atoms with van der Waals surface area (Å²) >= 11 is 4.87. The molecule has 0 aliphatic heterocycles. The lowest BCUT2D eigenvalue weighted by atomic mass is 10.1. The smallest absolute Gasteiger partial charge is 0.137 e. The summed E-state index contributed by atoms with van der Waals surface area (Å²) in [6, 6.07) is 13.5. The fourth-order valence-electron chi connectivity index (χ4n) is 2.01. The highest BCUT2D eigenvalue weighted by molar-refractivity contribution is 9.10. The molecule has 2 rings (SSSR count). The first-order valence-electron chi connectivity index (χ1n) is 7.06. The summed E-state index contributed by atoms with van der Waals surface area (Å²) in [5, 5.41) is 3.37. The van der Waals surface area contributed by atoms with Gasteiger partial charge in [-0.3, -0.25) is 0 Å². The first kappa shape index (κ1) is 16.5. The summed E-state index contributed by atoms with van der Waals surface area (Å²) in [4.78, 5) is 1.67. The number of nitrogens with one attached hydrogen (secondary N) is 1. The molecule has 0 saturated heterocycles. The second kappa shape index (κ2) is 7.97. The summed E-state index contributed by atoms with van der Waals surface area (Å²) in [5.41, 5.74) is 0.986. The van der Waals surface area contributed by atoms with Crippen LogP contribution in [0.2, 0.25) is 0 Å². The molecule has 1 unspecified atom stereocenters. The zero-order valence-corrected chi connectivity index (χ0v) is 14.6. The van der Waals surface area contributed by atoms with Crippen LogP contribution in [0.1, 0.15) is 31.9 Å². The van der Waals surface area contributed by atoms with E-state index in [1.165, 1.54) is 11.8 Å². The Morgan fingerprint density at radius 2 is 2.05 bits per heavy atom.